The van der Waals surface area contributed by atoms with Crippen LogP contribution in [-0.2, 0) is 15.8 Å². The number of hydrogen-bond acceptors (Lipinski definition) is 12. The fourth-order valence-electron chi connectivity index (χ4n) is 3.77. The van der Waals surface area contributed by atoms with Crippen molar-refractivity contribution in [1.82, 2.24) is 14.1 Å². The Balaban J connectivity index is 0.00000141. The van der Waals surface area contributed by atoms with Gasteiger partial charge in [-0.1, -0.05) is 23.7 Å². The summed E-state index contributed by atoms with van der Waals surface area (Å²) in [4.78, 5) is 58.7. The van der Waals surface area contributed by atoms with Gasteiger partial charge in [0.1, 0.15) is 12.2 Å². The second-order valence-corrected chi connectivity index (χ2v) is 9.91. The molecule has 19 heteroatoms. The van der Waals surface area contributed by atoms with E-state index in [9.17, 15) is 19.8 Å². The Kier molecular flexibility index (Phi) is 22.4. The summed E-state index contributed by atoms with van der Waals surface area (Å²) >= 11 is 6.07. The molecule has 2 aromatic heterocycles. The predicted molar refractivity (Wildman–Crippen MR) is 174 cm³/mol. The van der Waals surface area contributed by atoms with E-state index in [4.69, 9.17) is 41.0 Å². The Morgan fingerprint density at radius 3 is 2.19 bits per heavy atom. The highest BCUT2D eigenvalue weighted by Gasteiger charge is 2.43. The number of hydrogen-bond donors (Lipinski definition) is 7. The van der Waals surface area contributed by atoms with Crippen molar-refractivity contribution in [3.63, 3.8) is 0 Å². The molecule has 0 saturated carbocycles. The van der Waals surface area contributed by atoms with E-state index in [0.717, 1.165) is 20.3 Å². The van der Waals surface area contributed by atoms with Crippen LogP contribution in [0.15, 0.2) is 64.4 Å². The molecule has 3 heterocycles. The molecule has 242 valence electrons. The molecule has 43 heavy (non-hydrogen) atoms. The van der Waals surface area contributed by atoms with E-state index in [0.29, 0.717) is 10.7 Å². The lowest BCUT2D eigenvalue weighted by Crippen LogP contribution is -2.43. The molecule has 3 aromatic rings. The third kappa shape index (κ3) is 12.9. The van der Waals surface area contributed by atoms with Crippen molar-refractivity contribution >= 4 is 48.4 Å². The van der Waals surface area contributed by atoms with Crippen LogP contribution < -0.4 is 11.2 Å². The molecule has 8 unspecified atom stereocenters. The number of ether oxygens (including phenoxy) is 1. The summed E-state index contributed by atoms with van der Waals surface area (Å²) in [7, 11) is 4.63. The zero-order valence-electron chi connectivity index (χ0n) is 23.3. The van der Waals surface area contributed by atoms with E-state index in [1.807, 2.05) is 12.1 Å². The normalized spacial score (nSPS) is 19.2. The lowest BCUT2D eigenvalue weighted by molar-refractivity contribution is -0.0458. The van der Waals surface area contributed by atoms with Crippen molar-refractivity contribution in [1.29, 1.82) is 0 Å². The van der Waals surface area contributed by atoms with Gasteiger partial charge in [-0.15, -0.1) is 0 Å². The smallest absolute Gasteiger partial charge is 0.333 e. The molecular weight excluding hydrogens is 666 g/mol. The van der Waals surface area contributed by atoms with Crippen molar-refractivity contribution in [3.8, 4) is 11.1 Å². The highest BCUT2D eigenvalue weighted by Crippen LogP contribution is 2.30. The first-order chi connectivity index (χ1) is 20.7. The summed E-state index contributed by atoms with van der Waals surface area (Å²) in [5.41, 5.74) is 0.914. The monoisotopic (exact) mass is 703 g/mol. The van der Waals surface area contributed by atoms with Gasteiger partial charge in [0, 0.05) is 43.9 Å². The number of rotatable bonds is 7. The summed E-state index contributed by atoms with van der Waals surface area (Å²) in [6.07, 6.45) is -1.77. The van der Waals surface area contributed by atoms with Crippen LogP contribution in [-0.4, -0.2) is 87.7 Å². The lowest BCUT2D eigenvalue weighted by atomic mass is 10.1. The highest BCUT2D eigenvalue weighted by molar-refractivity contribution is 7.45. The van der Waals surface area contributed by atoms with Crippen LogP contribution in [0.1, 0.15) is 18.3 Å². The van der Waals surface area contributed by atoms with Crippen LogP contribution in [0.5, 0.6) is 0 Å². The fourth-order valence-corrected chi connectivity index (χ4v) is 3.96. The van der Waals surface area contributed by atoms with Gasteiger partial charge in [-0.2, -0.15) is 0 Å². The second-order valence-electron chi connectivity index (χ2n) is 8.18. The maximum atomic E-state index is 13.1. The average molecular weight is 704 g/mol. The van der Waals surface area contributed by atoms with E-state index >= 15 is 0 Å². The Morgan fingerprint density at radius 2 is 1.63 bits per heavy atom. The summed E-state index contributed by atoms with van der Waals surface area (Å²) in [5.74, 6) is 0. The number of benzene rings is 1. The van der Waals surface area contributed by atoms with Gasteiger partial charge in [-0.3, -0.25) is 18.9 Å². The predicted octanol–water partition coefficient (Wildman–Crippen LogP) is 0.649. The molecule has 1 aliphatic heterocycles. The minimum atomic E-state index is -1.39. The third-order valence-corrected chi connectivity index (χ3v) is 6.44. The minimum Gasteiger partial charge on any atom is -0.396 e. The zero-order chi connectivity index (χ0) is 33.1. The molecule has 0 amide bonds. The molecule has 0 spiro atoms. The number of pyridine rings is 1. The van der Waals surface area contributed by atoms with Gasteiger partial charge in [-0.05, 0) is 70.2 Å². The summed E-state index contributed by atoms with van der Waals surface area (Å²) in [6.45, 7) is 1.28. The number of aliphatic hydroxyl groups excluding tert-OH is 3. The van der Waals surface area contributed by atoms with Crippen molar-refractivity contribution < 1.29 is 44.2 Å². The van der Waals surface area contributed by atoms with Gasteiger partial charge in [0.05, 0.1) is 18.3 Å². The second kappa shape index (κ2) is 23.1. The molecule has 4 rings (SSSR count). The average Bonchev–Trinajstić information content (AvgIpc) is 3.31. The quantitative estimate of drug-likeness (QED) is 0.169. The maximum Gasteiger partial charge on any atom is 0.333 e. The van der Waals surface area contributed by atoms with Crippen LogP contribution >= 0.6 is 48.4 Å². The Morgan fingerprint density at radius 1 is 1.02 bits per heavy atom. The highest BCUT2D eigenvalue weighted by atomic mass is 35.5. The molecule has 1 aromatic carbocycles. The van der Waals surface area contributed by atoms with Crippen molar-refractivity contribution in [2.24, 2.45) is 0 Å². The summed E-state index contributed by atoms with van der Waals surface area (Å²) in [6, 6.07) is 12.0. The van der Waals surface area contributed by atoms with Gasteiger partial charge in [0.15, 0.2) is 14.6 Å². The first-order valence-electron chi connectivity index (χ1n) is 12.1. The molecule has 7 N–H and O–H groups in total. The van der Waals surface area contributed by atoms with Gasteiger partial charge in [0.25, 0.3) is 5.56 Å². The van der Waals surface area contributed by atoms with E-state index < -0.39 is 44.2 Å². The van der Waals surface area contributed by atoms with Crippen LogP contribution in [0.25, 0.3) is 11.1 Å². The Hall–Kier alpha value is -1.30. The molecule has 0 bridgehead atoms. The Labute approximate surface area is 261 Å². The lowest BCUT2D eigenvalue weighted by Gasteiger charge is -2.18. The SMILES string of the molecule is COP(C)O.O=c1ccn(C2OC(CCO)C(O)C2O)c(=O)n1Cc1cc(-c2cccc(Cl)c2)ccn1.OP.OP.OP. The summed E-state index contributed by atoms with van der Waals surface area (Å²) in [5, 5.41) is 30.2. The largest absolute Gasteiger partial charge is 0.396 e. The topological polar surface area (TPSA) is 217 Å². The molecule has 0 radical (unpaired) electrons. The molecule has 1 aliphatic rings. The van der Waals surface area contributed by atoms with E-state index in [-0.39, 0.29) is 19.6 Å². The van der Waals surface area contributed by atoms with Crippen molar-refractivity contribution in [2.45, 2.75) is 37.5 Å². The first kappa shape index (κ1) is 41.7. The van der Waals surface area contributed by atoms with Gasteiger partial charge in [-0.25, -0.2) is 4.79 Å². The number of halogens is 1. The third-order valence-electron chi connectivity index (χ3n) is 5.68. The number of aliphatic hydroxyl groups is 3. The van der Waals surface area contributed by atoms with E-state index in [1.54, 1.807) is 37.1 Å². The number of nitrogens with zero attached hydrogens (tertiary/aromatic N) is 3. The Bertz CT molecular complexity index is 1320. The van der Waals surface area contributed by atoms with Gasteiger partial charge >= 0.3 is 5.69 Å². The molecule has 1 fully saturated rings. The standard InChI is InChI=1S/C22H22ClN3O6.C2H7O2P.3H3OP/c23-15-3-1-2-13(10-15)14-4-7-24-16(11-14)12-26-18(28)5-8-25(22(26)31)21-20(30)19(29)17(32-21)6-9-27;1-4-5(2)3;3*1-2/h1-5,7-8,10-11,17,19-21,27,29-30H,6,9,12H2;3H,1-2H3;3*1H,2H2. The van der Waals surface area contributed by atoms with Crippen molar-refractivity contribution in [2.75, 3.05) is 20.4 Å². The molecule has 1 saturated heterocycles. The van der Waals surface area contributed by atoms with E-state index in [2.05, 4.69) is 9.51 Å². The van der Waals surface area contributed by atoms with E-state index in [1.165, 1.54) is 47.8 Å². The van der Waals surface area contributed by atoms with Crippen LogP contribution in [0.2, 0.25) is 5.02 Å². The molecule has 0 aliphatic carbocycles. The van der Waals surface area contributed by atoms with Crippen LogP contribution in [0, 0.1) is 0 Å². The maximum absolute atomic E-state index is 13.1. The van der Waals surface area contributed by atoms with Crippen molar-refractivity contribution in [3.05, 3.63) is 86.4 Å². The fraction of sp³-hybridized carbons (Fsp3) is 0.375. The molecular formula is C24H38ClN3O11P4. The first-order valence-corrected chi connectivity index (χ1v) is 15.6. The zero-order valence-corrected chi connectivity index (χ0v) is 28.4. The van der Waals surface area contributed by atoms with Crippen LogP contribution in [0.3, 0.4) is 0 Å². The van der Waals surface area contributed by atoms with Crippen LogP contribution in [0.4, 0.5) is 0 Å². The molecule has 8 atom stereocenters. The van der Waals surface area contributed by atoms with Gasteiger partial charge < -0.3 is 44.2 Å². The van der Waals surface area contributed by atoms with Gasteiger partial charge in [0.2, 0.25) is 0 Å². The number of aromatic nitrogens is 3. The summed E-state index contributed by atoms with van der Waals surface area (Å²) < 4.78 is 12.0. The minimum absolute atomic E-state index is 0.0989. The molecule has 14 nitrogen and oxygen atoms in total.